The molecule has 1 N–H and O–H groups in total. The van der Waals surface area contributed by atoms with E-state index in [4.69, 9.17) is 23.2 Å². The number of fused-ring (bicyclic) bond motifs is 1. The van der Waals surface area contributed by atoms with Crippen LogP contribution in [0, 0.1) is 0 Å². The van der Waals surface area contributed by atoms with E-state index in [1.807, 2.05) is 12.1 Å². The summed E-state index contributed by atoms with van der Waals surface area (Å²) in [5, 5.41) is 1.59. The SMILES string of the molecule is O=c1[nH]c2ccc(Cl)cc2cc1CCCl. The molecule has 0 saturated heterocycles. The molecule has 0 atom stereocenters. The van der Waals surface area contributed by atoms with Gasteiger partial charge in [-0.15, -0.1) is 11.6 Å². The number of H-pyrrole nitrogens is 1. The number of aromatic amines is 1. The molecule has 0 spiro atoms. The Balaban J connectivity index is 2.66. The van der Waals surface area contributed by atoms with E-state index in [-0.39, 0.29) is 5.56 Å². The first-order valence-electron chi connectivity index (χ1n) is 4.58. The van der Waals surface area contributed by atoms with Crippen LogP contribution in [0.4, 0.5) is 0 Å². The van der Waals surface area contributed by atoms with Crippen LogP contribution in [0.2, 0.25) is 5.02 Å². The second-order valence-electron chi connectivity index (χ2n) is 3.29. The van der Waals surface area contributed by atoms with Gasteiger partial charge in [-0.3, -0.25) is 4.79 Å². The molecular weight excluding hydrogens is 233 g/mol. The highest BCUT2D eigenvalue weighted by Crippen LogP contribution is 2.17. The number of hydrogen-bond donors (Lipinski definition) is 1. The zero-order valence-corrected chi connectivity index (χ0v) is 9.40. The van der Waals surface area contributed by atoms with E-state index in [2.05, 4.69) is 4.98 Å². The fourth-order valence-corrected chi connectivity index (χ4v) is 1.89. The lowest BCUT2D eigenvalue weighted by atomic mass is 10.1. The second-order valence-corrected chi connectivity index (χ2v) is 4.11. The van der Waals surface area contributed by atoms with Gasteiger partial charge in [0.05, 0.1) is 0 Å². The molecule has 0 aliphatic heterocycles. The molecule has 0 fully saturated rings. The number of halogens is 2. The molecule has 0 bridgehead atoms. The molecule has 0 saturated carbocycles. The first kappa shape index (κ1) is 10.5. The highest BCUT2D eigenvalue weighted by molar-refractivity contribution is 6.31. The third-order valence-corrected chi connectivity index (χ3v) is 2.67. The van der Waals surface area contributed by atoms with Crippen LogP contribution in [0.15, 0.2) is 29.1 Å². The lowest BCUT2D eigenvalue weighted by molar-refractivity contribution is 1.09. The van der Waals surface area contributed by atoms with Crippen LogP contribution in [-0.2, 0) is 6.42 Å². The van der Waals surface area contributed by atoms with E-state index in [0.29, 0.717) is 22.9 Å². The average Bonchev–Trinajstić information content (AvgIpc) is 2.20. The van der Waals surface area contributed by atoms with Crippen molar-refractivity contribution < 1.29 is 0 Å². The summed E-state index contributed by atoms with van der Waals surface area (Å²) in [5.41, 5.74) is 1.41. The summed E-state index contributed by atoms with van der Waals surface area (Å²) >= 11 is 11.5. The van der Waals surface area contributed by atoms with Crippen molar-refractivity contribution in [1.82, 2.24) is 4.98 Å². The Hall–Kier alpha value is -0.990. The molecule has 15 heavy (non-hydrogen) atoms. The van der Waals surface area contributed by atoms with Crippen LogP contribution in [0.5, 0.6) is 0 Å². The van der Waals surface area contributed by atoms with Gasteiger partial charge in [0.2, 0.25) is 0 Å². The number of hydrogen-bond acceptors (Lipinski definition) is 1. The largest absolute Gasteiger partial charge is 0.322 e. The first-order chi connectivity index (χ1) is 7.20. The number of aryl methyl sites for hydroxylation is 1. The minimum absolute atomic E-state index is 0.0783. The van der Waals surface area contributed by atoms with Crippen molar-refractivity contribution in [1.29, 1.82) is 0 Å². The molecule has 0 aliphatic rings. The molecule has 4 heteroatoms. The van der Waals surface area contributed by atoms with Crippen molar-refractivity contribution >= 4 is 34.1 Å². The lowest BCUT2D eigenvalue weighted by Crippen LogP contribution is -2.12. The zero-order chi connectivity index (χ0) is 10.8. The van der Waals surface area contributed by atoms with Crippen molar-refractivity contribution in [3.63, 3.8) is 0 Å². The molecule has 1 aromatic heterocycles. The number of alkyl halides is 1. The number of benzene rings is 1. The van der Waals surface area contributed by atoms with Gasteiger partial charge in [-0.05, 0) is 36.1 Å². The van der Waals surface area contributed by atoms with Crippen molar-refractivity contribution in [2.45, 2.75) is 6.42 Å². The van der Waals surface area contributed by atoms with Gasteiger partial charge < -0.3 is 4.98 Å². The number of aromatic nitrogens is 1. The van der Waals surface area contributed by atoms with E-state index < -0.39 is 0 Å². The van der Waals surface area contributed by atoms with Gasteiger partial charge >= 0.3 is 0 Å². The molecule has 78 valence electrons. The number of rotatable bonds is 2. The molecule has 2 aromatic rings. The topological polar surface area (TPSA) is 32.9 Å². The molecule has 2 nitrogen and oxygen atoms in total. The Morgan fingerprint density at radius 1 is 1.27 bits per heavy atom. The van der Waals surface area contributed by atoms with Crippen LogP contribution < -0.4 is 5.56 Å². The summed E-state index contributed by atoms with van der Waals surface area (Å²) in [5.74, 6) is 0.440. The first-order valence-corrected chi connectivity index (χ1v) is 5.49. The quantitative estimate of drug-likeness (QED) is 0.807. The fraction of sp³-hybridized carbons (Fsp3) is 0.182. The summed E-state index contributed by atoms with van der Waals surface area (Å²) in [6.07, 6.45) is 0.569. The van der Waals surface area contributed by atoms with Crippen LogP contribution >= 0.6 is 23.2 Å². The summed E-state index contributed by atoms with van der Waals surface area (Å²) < 4.78 is 0. The second kappa shape index (κ2) is 4.25. The lowest BCUT2D eigenvalue weighted by Gasteiger charge is -2.01. The number of nitrogens with one attached hydrogen (secondary N) is 1. The Kier molecular flexibility index (Phi) is 2.98. The minimum Gasteiger partial charge on any atom is -0.322 e. The van der Waals surface area contributed by atoms with Crippen molar-refractivity contribution in [3.8, 4) is 0 Å². The van der Waals surface area contributed by atoms with Gasteiger partial charge in [-0.1, -0.05) is 11.6 Å². The Labute approximate surface area is 96.8 Å². The molecule has 1 heterocycles. The van der Waals surface area contributed by atoms with E-state index >= 15 is 0 Å². The van der Waals surface area contributed by atoms with Crippen molar-refractivity contribution in [2.75, 3.05) is 5.88 Å². The summed E-state index contributed by atoms with van der Waals surface area (Å²) in [7, 11) is 0. The predicted octanol–water partition coefficient (Wildman–Crippen LogP) is 2.96. The molecule has 2 rings (SSSR count). The Bertz CT molecular complexity index is 548. The predicted molar refractivity (Wildman–Crippen MR) is 64.0 cm³/mol. The Morgan fingerprint density at radius 3 is 2.80 bits per heavy atom. The van der Waals surface area contributed by atoms with Crippen molar-refractivity contribution in [3.05, 3.63) is 45.2 Å². The summed E-state index contributed by atoms with van der Waals surface area (Å²) in [6, 6.07) is 7.21. The average molecular weight is 242 g/mol. The monoisotopic (exact) mass is 241 g/mol. The van der Waals surface area contributed by atoms with Crippen LogP contribution in [0.1, 0.15) is 5.56 Å². The maximum absolute atomic E-state index is 11.6. The highest BCUT2D eigenvalue weighted by Gasteiger charge is 2.02. The molecule has 0 unspecified atom stereocenters. The van der Waals surface area contributed by atoms with E-state index in [1.54, 1.807) is 12.1 Å². The zero-order valence-electron chi connectivity index (χ0n) is 7.89. The summed E-state index contributed by atoms with van der Waals surface area (Å²) in [6.45, 7) is 0. The Morgan fingerprint density at radius 2 is 2.07 bits per heavy atom. The van der Waals surface area contributed by atoms with Crippen LogP contribution in [0.3, 0.4) is 0 Å². The fourth-order valence-electron chi connectivity index (χ4n) is 1.51. The van der Waals surface area contributed by atoms with Gasteiger partial charge in [-0.2, -0.15) is 0 Å². The molecule has 0 radical (unpaired) electrons. The highest BCUT2D eigenvalue weighted by atomic mass is 35.5. The standard InChI is InChI=1S/C11H9Cl2NO/c12-4-3-7-5-8-6-9(13)1-2-10(8)14-11(7)15/h1-2,5-6H,3-4H2,(H,14,15). The third-order valence-electron chi connectivity index (χ3n) is 2.25. The third kappa shape index (κ3) is 2.16. The molecule has 1 aromatic carbocycles. The number of pyridine rings is 1. The van der Waals surface area contributed by atoms with Crippen molar-refractivity contribution in [2.24, 2.45) is 0 Å². The summed E-state index contributed by atoms with van der Waals surface area (Å²) in [4.78, 5) is 14.4. The van der Waals surface area contributed by atoms with Gasteiger partial charge in [0.15, 0.2) is 0 Å². The molecular formula is C11H9Cl2NO. The van der Waals surface area contributed by atoms with Gasteiger partial charge in [0, 0.05) is 22.0 Å². The van der Waals surface area contributed by atoms with Gasteiger partial charge in [-0.25, -0.2) is 0 Å². The maximum atomic E-state index is 11.6. The van der Waals surface area contributed by atoms with Crippen LogP contribution in [0.25, 0.3) is 10.9 Å². The normalized spacial score (nSPS) is 10.8. The minimum atomic E-state index is -0.0783. The van der Waals surface area contributed by atoms with Crippen LogP contribution in [-0.4, -0.2) is 10.9 Å². The molecule has 0 amide bonds. The van der Waals surface area contributed by atoms with Gasteiger partial charge in [0.25, 0.3) is 5.56 Å². The van der Waals surface area contributed by atoms with Gasteiger partial charge in [0.1, 0.15) is 0 Å². The smallest absolute Gasteiger partial charge is 0.251 e. The van der Waals surface area contributed by atoms with E-state index in [1.165, 1.54) is 0 Å². The van der Waals surface area contributed by atoms with E-state index in [0.717, 1.165) is 10.9 Å². The molecule has 0 aliphatic carbocycles. The maximum Gasteiger partial charge on any atom is 0.251 e. The van der Waals surface area contributed by atoms with E-state index in [9.17, 15) is 4.79 Å².